The number of pyridine rings is 1. The number of ether oxygens (including phenoxy) is 1. The first kappa shape index (κ1) is 37.6. The van der Waals surface area contributed by atoms with E-state index in [2.05, 4.69) is 31.2 Å². The van der Waals surface area contributed by atoms with E-state index < -0.39 is 29.6 Å². The second-order valence-corrected chi connectivity index (χ2v) is 12.4. The molecule has 0 aliphatic carbocycles. The number of amides is 2. The molecule has 6 rings (SSSR count). The Kier molecular flexibility index (Phi) is 12.7. The Morgan fingerprint density at radius 3 is 2.00 bits per heavy atom. The fourth-order valence-electron chi connectivity index (χ4n) is 4.37. The highest BCUT2D eigenvalue weighted by Crippen LogP contribution is 2.31. The standard InChI is InChI=1S/C19H14BrFN2O2.C18H12F4N2O2S/c20-15-6-10-17(11-7-15)25-23(18-3-1-2-12-22-18)19(24)13-14-4-8-16(21)9-5-14;19-13-5-7-14(8-6-13)26-15(16(25)24-17-23-9-10-27-17)11-1-3-12(4-2-11)18(20,21)22/h1-12H,13H2;1-10,15H,(H,23,24,25). The van der Waals surface area contributed by atoms with E-state index >= 15 is 0 Å². The zero-order chi connectivity index (χ0) is 37.1. The Labute approximate surface area is 306 Å². The minimum atomic E-state index is -4.49. The maximum atomic E-state index is 13.1. The van der Waals surface area contributed by atoms with Crippen LogP contribution in [0.5, 0.6) is 11.5 Å². The van der Waals surface area contributed by atoms with Crippen LogP contribution >= 0.6 is 27.3 Å². The van der Waals surface area contributed by atoms with E-state index in [0.29, 0.717) is 22.3 Å². The Hall–Kier alpha value is -5.67. The monoisotopic (exact) mass is 796 g/mol. The minimum Gasteiger partial charge on any atom is -0.476 e. The first-order valence-electron chi connectivity index (χ1n) is 15.2. The van der Waals surface area contributed by atoms with Crippen LogP contribution in [0.1, 0.15) is 22.8 Å². The fourth-order valence-corrected chi connectivity index (χ4v) is 5.17. The van der Waals surface area contributed by atoms with Crippen molar-refractivity contribution in [2.24, 2.45) is 0 Å². The van der Waals surface area contributed by atoms with Crippen LogP contribution in [0.25, 0.3) is 0 Å². The number of alkyl halides is 3. The highest BCUT2D eigenvalue weighted by Gasteiger charge is 2.31. The number of rotatable bonds is 10. The summed E-state index contributed by atoms with van der Waals surface area (Å²) in [7, 11) is 0. The second-order valence-electron chi connectivity index (χ2n) is 10.6. The number of carbonyl (C=O) groups excluding carboxylic acids is 2. The summed E-state index contributed by atoms with van der Waals surface area (Å²) in [5.41, 5.74) is 0.0558. The molecular formula is C37H26BrF5N4O4S. The molecule has 2 amide bonds. The number of hydroxylamine groups is 1. The number of nitrogens with zero attached hydrogens (tertiary/aromatic N) is 3. The molecule has 4 aromatic carbocycles. The van der Waals surface area contributed by atoms with Crippen LogP contribution in [0, 0.1) is 11.6 Å². The summed E-state index contributed by atoms with van der Waals surface area (Å²) in [4.78, 5) is 39.2. The molecule has 2 heterocycles. The molecule has 1 unspecified atom stereocenters. The number of thiazole rings is 1. The van der Waals surface area contributed by atoms with Crippen LogP contribution < -0.4 is 20.0 Å². The molecule has 52 heavy (non-hydrogen) atoms. The van der Waals surface area contributed by atoms with Gasteiger partial charge in [0.1, 0.15) is 17.4 Å². The molecule has 15 heteroatoms. The fraction of sp³-hybridized carbons (Fsp3) is 0.0811. The van der Waals surface area contributed by atoms with Crippen molar-refractivity contribution in [3.63, 3.8) is 0 Å². The molecule has 0 aliphatic rings. The molecule has 0 fully saturated rings. The maximum absolute atomic E-state index is 13.1. The van der Waals surface area contributed by atoms with E-state index in [0.717, 1.165) is 33.8 Å². The highest BCUT2D eigenvalue weighted by molar-refractivity contribution is 9.10. The molecule has 0 bridgehead atoms. The third-order valence-electron chi connectivity index (χ3n) is 6.87. The van der Waals surface area contributed by atoms with E-state index in [1.165, 1.54) is 53.9 Å². The van der Waals surface area contributed by atoms with Crippen molar-refractivity contribution in [3.8, 4) is 11.5 Å². The van der Waals surface area contributed by atoms with Gasteiger partial charge in [-0.25, -0.2) is 18.7 Å². The van der Waals surface area contributed by atoms with Crippen LogP contribution in [0.15, 0.2) is 138 Å². The van der Waals surface area contributed by atoms with Gasteiger partial charge in [0, 0.05) is 27.8 Å². The van der Waals surface area contributed by atoms with Gasteiger partial charge in [0.2, 0.25) is 6.10 Å². The number of anilines is 2. The first-order valence-corrected chi connectivity index (χ1v) is 16.8. The van der Waals surface area contributed by atoms with Gasteiger partial charge in [-0.3, -0.25) is 14.9 Å². The number of hydrogen-bond donors (Lipinski definition) is 1. The van der Waals surface area contributed by atoms with Crippen LogP contribution in [-0.2, 0) is 22.2 Å². The SMILES string of the molecule is O=C(Cc1ccc(F)cc1)N(Oc1ccc(Br)cc1)c1ccccn1.O=C(Nc1nccs1)C(Oc1ccc(F)cc1)c1ccc(C(F)(F)F)cc1. The summed E-state index contributed by atoms with van der Waals surface area (Å²) < 4.78 is 70.9. The third kappa shape index (κ3) is 10.9. The minimum absolute atomic E-state index is 0.0629. The lowest BCUT2D eigenvalue weighted by Crippen LogP contribution is -2.36. The normalized spacial score (nSPS) is 11.4. The molecular weight excluding hydrogens is 771 g/mol. The molecule has 1 atom stereocenters. The number of nitrogens with one attached hydrogen (secondary N) is 1. The molecule has 6 aromatic rings. The smallest absolute Gasteiger partial charge is 0.416 e. The van der Waals surface area contributed by atoms with E-state index in [-0.39, 0.29) is 29.5 Å². The quantitative estimate of drug-likeness (QED) is 0.110. The Balaban J connectivity index is 0.000000202. The molecule has 8 nitrogen and oxygen atoms in total. The Morgan fingerprint density at radius 2 is 1.42 bits per heavy atom. The molecule has 0 radical (unpaired) electrons. The molecule has 0 saturated heterocycles. The van der Waals surface area contributed by atoms with Gasteiger partial charge < -0.3 is 9.57 Å². The van der Waals surface area contributed by atoms with E-state index in [4.69, 9.17) is 9.57 Å². The van der Waals surface area contributed by atoms with E-state index in [1.807, 2.05) is 12.1 Å². The van der Waals surface area contributed by atoms with Crippen molar-refractivity contribution < 1.29 is 41.1 Å². The Bertz CT molecular complexity index is 2040. The maximum Gasteiger partial charge on any atom is 0.416 e. The molecule has 0 spiro atoms. The molecule has 2 aromatic heterocycles. The van der Waals surface area contributed by atoms with Gasteiger partial charge in [-0.15, -0.1) is 16.4 Å². The summed E-state index contributed by atoms with van der Waals surface area (Å²) in [6, 6.07) is 27.1. The summed E-state index contributed by atoms with van der Waals surface area (Å²) in [6.45, 7) is 0. The van der Waals surface area contributed by atoms with Crippen molar-refractivity contribution in [3.05, 3.63) is 166 Å². The lowest BCUT2D eigenvalue weighted by molar-refractivity contribution is -0.137. The van der Waals surface area contributed by atoms with Gasteiger partial charge in [0.15, 0.2) is 16.7 Å². The number of halogens is 6. The number of carbonyl (C=O) groups is 2. The van der Waals surface area contributed by atoms with E-state index in [9.17, 15) is 31.5 Å². The van der Waals surface area contributed by atoms with E-state index in [1.54, 1.807) is 54.0 Å². The van der Waals surface area contributed by atoms with Crippen LogP contribution in [0.2, 0.25) is 0 Å². The summed E-state index contributed by atoms with van der Waals surface area (Å²) in [6.07, 6.45) is -2.60. The number of hydrogen-bond acceptors (Lipinski definition) is 7. The number of benzene rings is 4. The predicted molar refractivity (Wildman–Crippen MR) is 189 cm³/mol. The average molecular weight is 798 g/mol. The average Bonchev–Trinajstić information content (AvgIpc) is 3.65. The van der Waals surface area contributed by atoms with Crippen LogP contribution in [0.4, 0.5) is 32.9 Å². The zero-order valence-corrected chi connectivity index (χ0v) is 29.0. The zero-order valence-electron chi connectivity index (χ0n) is 26.6. The number of aromatic nitrogens is 2. The van der Waals surface area contributed by atoms with Crippen molar-refractivity contribution in [2.75, 3.05) is 10.4 Å². The summed E-state index contributed by atoms with van der Waals surface area (Å²) in [5, 5.41) is 5.66. The highest BCUT2D eigenvalue weighted by atomic mass is 79.9. The summed E-state index contributed by atoms with van der Waals surface area (Å²) in [5.74, 6) is -0.693. The molecule has 0 aliphatic heterocycles. The topological polar surface area (TPSA) is 93.7 Å². The third-order valence-corrected chi connectivity index (χ3v) is 8.09. The lowest BCUT2D eigenvalue weighted by Gasteiger charge is -2.21. The first-order chi connectivity index (χ1) is 24.9. The lowest BCUT2D eigenvalue weighted by atomic mass is 10.1. The van der Waals surface area contributed by atoms with Gasteiger partial charge in [-0.05, 0) is 90.5 Å². The van der Waals surface area contributed by atoms with Crippen molar-refractivity contribution >= 4 is 50.0 Å². The molecule has 266 valence electrons. The van der Waals surface area contributed by atoms with Gasteiger partial charge in [0.05, 0.1) is 12.0 Å². The van der Waals surface area contributed by atoms with Crippen molar-refractivity contribution in [1.29, 1.82) is 0 Å². The van der Waals surface area contributed by atoms with Gasteiger partial charge in [-0.2, -0.15) is 13.2 Å². The van der Waals surface area contributed by atoms with Gasteiger partial charge in [0.25, 0.3) is 11.8 Å². The van der Waals surface area contributed by atoms with Crippen molar-refractivity contribution in [2.45, 2.75) is 18.7 Å². The summed E-state index contributed by atoms with van der Waals surface area (Å²) >= 11 is 4.54. The second kappa shape index (κ2) is 17.5. The molecule has 0 saturated carbocycles. The molecule has 1 N–H and O–H groups in total. The van der Waals surface area contributed by atoms with Crippen LogP contribution in [-0.4, -0.2) is 21.8 Å². The van der Waals surface area contributed by atoms with Gasteiger partial charge in [-0.1, -0.05) is 46.3 Å². The Morgan fingerprint density at radius 1 is 0.788 bits per heavy atom. The largest absolute Gasteiger partial charge is 0.476 e. The van der Waals surface area contributed by atoms with Gasteiger partial charge >= 0.3 is 6.18 Å². The van der Waals surface area contributed by atoms with Crippen molar-refractivity contribution in [1.82, 2.24) is 9.97 Å². The predicted octanol–water partition coefficient (Wildman–Crippen LogP) is 9.61. The van der Waals surface area contributed by atoms with Crippen LogP contribution in [0.3, 0.4) is 0 Å².